The molecule has 0 aromatic heterocycles. The topological polar surface area (TPSA) is 0 Å². The molecular weight excluding hydrogens is 348 g/mol. The second kappa shape index (κ2) is 5.40. The summed E-state index contributed by atoms with van der Waals surface area (Å²) in [7, 11) is 0. The van der Waals surface area contributed by atoms with E-state index >= 15 is 0 Å². The molecule has 1 aromatic rings. The van der Waals surface area contributed by atoms with Crippen LogP contribution in [0.2, 0.25) is 0 Å². The molecule has 0 bridgehead atoms. The number of benzene rings is 1. The lowest BCUT2D eigenvalue weighted by Gasteiger charge is -2.03. The number of aryl methyl sites for hydroxylation is 1. The maximum atomic E-state index is 3.55. The van der Waals surface area contributed by atoms with Gasteiger partial charge in [0.25, 0.3) is 0 Å². The van der Waals surface area contributed by atoms with E-state index in [4.69, 9.17) is 0 Å². The summed E-state index contributed by atoms with van der Waals surface area (Å²) in [4.78, 5) is 0. The van der Waals surface area contributed by atoms with Crippen molar-refractivity contribution >= 4 is 47.8 Å². The van der Waals surface area contributed by atoms with Crippen molar-refractivity contribution in [2.24, 2.45) is 0 Å². The van der Waals surface area contributed by atoms with Gasteiger partial charge in [0.05, 0.1) is 0 Å². The lowest BCUT2D eigenvalue weighted by atomic mass is 10.1. The Morgan fingerprint density at radius 1 is 1.17 bits per heavy atom. The van der Waals surface area contributed by atoms with Gasteiger partial charge >= 0.3 is 0 Å². The molecule has 0 radical (unpaired) electrons. The van der Waals surface area contributed by atoms with Crippen molar-refractivity contribution < 1.29 is 0 Å². The molecule has 0 aliphatic heterocycles. The average molecular weight is 357 g/mol. The van der Waals surface area contributed by atoms with Crippen LogP contribution in [0.25, 0.3) is 0 Å². The average Bonchev–Trinajstić information content (AvgIpc) is 2.09. The van der Waals surface area contributed by atoms with Crippen molar-refractivity contribution in [3.8, 4) is 0 Å². The molecule has 0 saturated heterocycles. The first kappa shape index (κ1) is 10.7. The highest BCUT2D eigenvalue weighted by molar-refractivity contribution is 9.10. The summed E-state index contributed by atoms with van der Waals surface area (Å²) in [6.45, 7) is 0. The van der Waals surface area contributed by atoms with Gasteiger partial charge in [-0.05, 0) is 23.6 Å². The molecule has 0 aliphatic rings. The van der Waals surface area contributed by atoms with Gasteiger partial charge in [0.2, 0.25) is 0 Å². The summed E-state index contributed by atoms with van der Waals surface area (Å²) in [6, 6.07) is 6.48. The third-order valence-electron chi connectivity index (χ3n) is 1.64. The van der Waals surface area contributed by atoms with Crippen LogP contribution in [-0.2, 0) is 11.8 Å². The standard InChI is InChI=1S/C9H9Br3/c10-4-3-8-2-1-7(6-11)5-9(8)12/h1-2,5H,3-4,6H2. The molecule has 0 heterocycles. The molecule has 0 nitrogen and oxygen atoms in total. The van der Waals surface area contributed by atoms with E-state index in [1.165, 1.54) is 15.6 Å². The van der Waals surface area contributed by atoms with E-state index in [-0.39, 0.29) is 0 Å². The fourth-order valence-corrected chi connectivity index (χ4v) is 2.38. The zero-order valence-corrected chi connectivity index (χ0v) is 11.2. The lowest BCUT2D eigenvalue weighted by molar-refractivity contribution is 1.15. The molecular formula is C9H9Br3. The number of hydrogen-bond acceptors (Lipinski definition) is 0. The Hall–Kier alpha value is 0.660. The minimum Gasteiger partial charge on any atom is -0.0924 e. The van der Waals surface area contributed by atoms with E-state index in [1.807, 2.05) is 0 Å². The zero-order valence-electron chi connectivity index (χ0n) is 6.49. The Morgan fingerprint density at radius 3 is 2.42 bits per heavy atom. The van der Waals surface area contributed by atoms with E-state index in [1.54, 1.807) is 0 Å². The van der Waals surface area contributed by atoms with E-state index in [0.717, 1.165) is 17.1 Å². The maximum Gasteiger partial charge on any atom is 0.0283 e. The van der Waals surface area contributed by atoms with E-state index in [0.29, 0.717) is 0 Å². The lowest BCUT2D eigenvalue weighted by Crippen LogP contribution is -1.88. The fourth-order valence-electron chi connectivity index (χ4n) is 0.978. The van der Waals surface area contributed by atoms with Gasteiger partial charge < -0.3 is 0 Å². The van der Waals surface area contributed by atoms with Crippen LogP contribution in [0.15, 0.2) is 22.7 Å². The molecule has 1 rings (SSSR count). The SMILES string of the molecule is BrCCc1ccc(CBr)cc1Br. The van der Waals surface area contributed by atoms with Crippen LogP contribution in [0, 0.1) is 0 Å². The Balaban J connectivity index is 2.87. The second-order valence-corrected chi connectivity index (χ2v) is 4.71. The molecule has 66 valence electrons. The highest BCUT2D eigenvalue weighted by atomic mass is 79.9. The third kappa shape index (κ3) is 2.86. The predicted molar refractivity (Wildman–Crippen MR) is 64.3 cm³/mol. The largest absolute Gasteiger partial charge is 0.0924 e. The smallest absolute Gasteiger partial charge is 0.0283 e. The molecule has 3 heteroatoms. The number of halogens is 3. The van der Waals surface area contributed by atoms with Crippen LogP contribution in [0.3, 0.4) is 0 Å². The normalized spacial score (nSPS) is 10.2. The summed E-state index contributed by atoms with van der Waals surface area (Å²) in [5, 5.41) is 1.93. The van der Waals surface area contributed by atoms with E-state index in [9.17, 15) is 0 Å². The van der Waals surface area contributed by atoms with Gasteiger partial charge in [0.15, 0.2) is 0 Å². The zero-order chi connectivity index (χ0) is 8.97. The monoisotopic (exact) mass is 354 g/mol. The van der Waals surface area contributed by atoms with Crippen LogP contribution in [0.4, 0.5) is 0 Å². The molecule has 0 N–H and O–H groups in total. The van der Waals surface area contributed by atoms with E-state index in [2.05, 4.69) is 66.0 Å². The molecule has 1 aromatic carbocycles. The van der Waals surface area contributed by atoms with Gasteiger partial charge in [0.1, 0.15) is 0 Å². The highest BCUT2D eigenvalue weighted by Gasteiger charge is 1.99. The Kier molecular flexibility index (Phi) is 4.84. The summed E-state index contributed by atoms with van der Waals surface area (Å²) in [5.41, 5.74) is 2.66. The first-order valence-corrected chi connectivity index (χ1v) is 6.70. The van der Waals surface area contributed by atoms with Crippen LogP contribution in [0.1, 0.15) is 11.1 Å². The Morgan fingerprint density at radius 2 is 1.92 bits per heavy atom. The minimum absolute atomic E-state index is 0.917. The highest BCUT2D eigenvalue weighted by Crippen LogP contribution is 2.20. The number of alkyl halides is 2. The number of rotatable bonds is 3. The van der Waals surface area contributed by atoms with Gasteiger partial charge in [-0.1, -0.05) is 59.9 Å². The molecule has 0 saturated carbocycles. The molecule has 0 spiro atoms. The first-order valence-electron chi connectivity index (χ1n) is 3.67. The molecule has 0 amide bonds. The molecule has 12 heavy (non-hydrogen) atoms. The van der Waals surface area contributed by atoms with Crippen molar-refractivity contribution in [1.29, 1.82) is 0 Å². The van der Waals surface area contributed by atoms with Crippen LogP contribution < -0.4 is 0 Å². The summed E-state index contributed by atoms with van der Waals surface area (Å²) < 4.78 is 1.21. The van der Waals surface area contributed by atoms with Crippen molar-refractivity contribution in [2.75, 3.05) is 5.33 Å². The first-order chi connectivity index (χ1) is 5.77. The predicted octanol–water partition coefficient (Wildman–Crippen LogP) is 4.28. The van der Waals surface area contributed by atoms with Gasteiger partial charge in [-0.15, -0.1) is 0 Å². The van der Waals surface area contributed by atoms with Crippen molar-refractivity contribution in [2.45, 2.75) is 11.8 Å². The van der Waals surface area contributed by atoms with Crippen molar-refractivity contribution in [1.82, 2.24) is 0 Å². The quantitative estimate of drug-likeness (QED) is 0.709. The molecule has 0 fully saturated rings. The van der Waals surface area contributed by atoms with Gasteiger partial charge in [-0.25, -0.2) is 0 Å². The second-order valence-electron chi connectivity index (χ2n) is 2.50. The molecule has 0 atom stereocenters. The van der Waals surface area contributed by atoms with Crippen LogP contribution in [0.5, 0.6) is 0 Å². The van der Waals surface area contributed by atoms with Gasteiger partial charge in [-0.2, -0.15) is 0 Å². The number of hydrogen-bond donors (Lipinski definition) is 0. The Labute approximate surface area is 98.1 Å². The summed E-state index contributed by atoms with van der Waals surface area (Å²) in [5.74, 6) is 0. The van der Waals surface area contributed by atoms with Gasteiger partial charge in [-0.3, -0.25) is 0 Å². The maximum absolute atomic E-state index is 3.55. The summed E-state index contributed by atoms with van der Waals surface area (Å²) >= 11 is 10.4. The van der Waals surface area contributed by atoms with E-state index < -0.39 is 0 Å². The Bertz CT molecular complexity index is 258. The van der Waals surface area contributed by atoms with Gasteiger partial charge in [0, 0.05) is 15.1 Å². The van der Waals surface area contributed by atoms with Crippen molar-refractivity contribution in [3.05, 3.63) is 33.8 Å². The van der Waals surface area contributed by atoms with Crippen LogP contribution in [-0.4, -0.2) is 5.33 Å². The molecule has 0 aliphatic carbocycles. The molecule has 0 unspecified atom stereocenters. The fraction of sp³-hybridized carbons (Fsp3) is 0.333. The summed E-state index contributed by atoms with van der Waals surface area (Å²) in [6.07, 6.45) is 1.07. The van der Waals surface area contributed by atoms with Crippen molar-refractivity contribution in [3.63, 3.8) is 0 Å². The third-order valence-corrected chi connectivity index (χ3v) is 3.42. The van der Waals surface area contributed by atoms with Crippen LogP contribution >= 0.6 is 47.8 Å². The minimum atomic E-state index is 0.917.